The quantitative estimate of drug-likeness (QED) is 0.493. The average molecular weight is 461 g/mol. The lowest BCUT2D eigenvalue weighted by molar-refractivity contribution is -0.129. The van der Waals surface area contributed by atoms with Gasteiger partial charge in [0.05, 0.1) is 30.1 Å². The Morgan fingerprint density at radius 3 is 2.64 bits per heavy atom. The molecule has 1 saturated heterocycles. The van der Waals surface area contributed by atoms with Crippen molar-refractivity contribution >= 4 is 16.6 Å². The molecule has 1 N–H and O–H groups in total. The summed E-state index contributed by atoms with van der Waals surface area (Å²) < 4.78 is 44.6. The predicted molar refractivity (Wildman–Crippen MR) is 120 cm³/mol. The van der Waals surface area contributed by atoms with Crippen LogP contribution < -0.4 is 15.8 Å². The Labute approximate surface area is 189 Å². The van der Waals surface area contributed by atoms with Gasteiger partial charge in [-0.3, -0.25) is 9.78 Å². The fraction of sp³-hybridized carbons (Fsp3) is 0.435. The van der Waals surface area contributed by atoms with Gasteiger partial charge in [0.1, 0.15) is 11.6 Å². The van der Waals surface area contributed by atoms with Crippen molar-refractivity contribution < 1.29 is 17.9 Å². The molecule has 1 aliphatic heterocycles. The van der Waals surface area contributed by atoms with Gasteiger partial charge in [0, 0.05) is 44.5 Å². The molecular formula is C23H26F3N5O2. The minimum absolute atomic E-state index is 0.0165. The van der Waals surface area contributed by atoms with E-state index < -0.39 is 12.4 Å². The highest BCUT2D eigenvalue weighted by molar-refractivity contribution is 5.86. The van der Waals surface area contributed by atoms with Crippen molar-refractivity contribution in [2.45, 2.75) is 32.4 Å². The minimum atomic E-state index is -2.76. The molecule has 4 rings (SSSR count). The van der Waals surface area contributed by atoms with Crippen LogP contribution in [0.15, 0.2) is 41.6 Å². The summed E-state index contributed by atoms with van der Waals surface area (Å²) >= 11 is 0. The van der Waals surface area contributed by atoms with E-state index in [0.717, 1.165) is 32.0 Å². The molecule has 0 spiro atoms. The van der Waals surface area contributed by atoms with Crippen LogP contribution in [0.25, 0.3) is 22.0 Å². The largest absolute Gasteiger partial charge is 0.353 e. The van der Waals surface area contributed by atoms with Crippen LogP contribution in [0, 0.1) is 5.82 Å². The number of fused-ring (bicyclic) bond motifs is 1. The molecule has 0 radical (unpaired) electrons. The molecular weight excluding hydrogens is 435 g/mol. The summed E-state index contributed by atoms with van der Waals surface area (Å²) in [6.45, 7) is 1.09. The average Bonchev–Trinajstić information content (AvgIpc) is 2.83. The second-order valence-corrected chi connectivity index (χ2v) is 7.92. The number of nitrogens with one attached hydrogen (secondary N) is 1. The Kier molecular flexibility index (Phi) is 7.56. The van der Waals surface area contributed by atoms with Crippen LogP contribution in [0.1, 0.15) is 19.3 Å². The maximum absolute atomic E-state index is 14.9. The number of hydrogen-bond donors (Lipinski definition) is 1. The first-order chi connectivity index (χ1) is 16.0. The number of pyridine rings is 1. The zero-order valence-electron chi connectivity index (χ0n) is 18.1. The van der Waals surface area contributed by atoms with Gasteiger partial charge in [-0.05, 0) is 42.8 Å². The van der Waals surface area contributed by atoms with Gasteiger partial charge in [-0.15, -0.1) is 0 Å². The van der Waals surface area contributed by atoms with E-state index in [0.29, 0.717) is 36.9 Å². The maximum atomic E-state index is 14.9. The Bertz CT molecular complexity index is 1130. The van der Waals surface area contributed by atoms with E-state index in [4.69, 9.17) is 0 Å². The topological polar surface area (TPSA) is 72.3 Å². The Hall–Kier alpha value is -2.98. The summed E-state index contributed by atoms with van der Waals surface area (Å²) in [5, 5.41) is 4.18. The van der Waals surface area contributed by atoms with Gasteiger partial charge in [0.25, 0.3) is 5.56 Å². The zero-order valence-corrected chi connectivity index (χ0v) is 18.1. The number of benzene rings is 1. The Morgan fingerprint density at radius 1 is 1.09 bits per heavy atom. The number of nitrogens with zero attached hydrogens (tertiary/aromatic N) is 4. The number of ether oxygens (including phenoxy) is 1. The lowest BCUT2D eigenvalue weighted by atomic mass is 10.1. The van der Waals surface area contributed by atoms with Crippen molar-refractivity contribution in [2.24, 2.45) is 0 Å². The first kappa shape index (κ1) is 23.2. The molecule has 2 aromatic heterocycles. The van der Waals surface area contributed by atoms with Gasteiger partial charge in [0.2, 0.25) is 0 Å². The first-order valence-electron chi connectivity index (χ1n) is 11.0. The fourth-order valence-corrected chi connectivity index (χ4v) is 3.93. The third kappa shape index (κ3) is 5.69. The van der Waals surface area contributed by atoms with Crippen molar-refractivity contribution in [3.63, 3.8) is 0 Å². The van der Waals surface area contributed by atoms with E-state index in [2.05, 4.69) is 24.9 Å². The first-order valence-corrected chi connectivity index (χ1v) is 11.0. The van der Waals surface area contributed by atoms with Crippen molar-refractivity contribution in [1.29, 1.82) is 0 Å². The minimum Gasteiger partial charge on any atom is -0.353 e. The van der Waals surface area contributed by atoms with Crippen molar-refractivity contribution in [1.82, 2.24) is 19.9 Å². The molecule has 0 aliphatic carbocycles. The van der Waals surface area contributed by atoms with Crippen LogP contribution in [-0.2, 0) is 11.3 Å². The highest BCUT2D eigenvalue weighted by Gasteiger charge is 2.15. The summed E-state index contributed by atoms with van der Waals surface area (Å²) in [6.07, 6.45) is 6.64. The third-order valence-electron chi connectivity index (χ3n) is 5.71. The Balaban J connectivity index is 1.47. The second-order valence-electron chi connectivity index (χ2n) is 7.92. The molecule has 1 aliphatic rings. The van der Waals surface area contributed by atoms with E-state index in [9.17, 15) is 18.0 Å². The SMILES string of the molecule is O=c1c2cc(F)c(-c3cnc(N4CCNCC4)cn3)cc2ccn1CCCCCOC(F)F. The van der Waals surface area contributed by atoms with E-state index in [1.807, 2.05) is 0 Å². The molecule has 176 valence electrons. The monoisotopic (exact) mass is 461 g/mol. The molecule has 0 saturated carbocycles. The van der Waals surface area contributed by atoms with Crippen LogP contribution in [0.5, 0.6) is 0 Å². The van der Waals surface area contributed by atoms with Crippen molar-refractivity contribution in [2.75, 3.05) is 37.7 Å². The number of piperazine rings is 1. The normalized spacial score (nSPS) is 14.4. The van der Waals surface area contributed by atoms with Gasteiger partial charge in [-0.2, -0.15) is 8.78 Å². The van der Waals surface area contributed by atoms with Crippen LogP contribution in [0.4, 0.5) is 19.0 Å². The lowest BCUT2D eigenvalue weighted by Gasteiger charge is -2.28. The molecule has 0 bridgehead atoms. The molecule has 3 heterocycles. The molecule has 7 nitrogen and oxygen atoms in total. The number of hydrogen-bond acceptors (Lipinski definition) is 6. The lowest BCUT2D eigenvalue weighted by Crippen LogP contribution is -2.43. The molecule has 1 aromatic carbocycles. The van der Waals surface area contributed by atoms with E-state index in [1.54, 1.807) is 30.7 Å². The number of halogens is 3. The molecule has 33 heavy (non-hydrogen) atoms. The highest BCUT2D eigenvalue weighted by Crippen LogP contribution is 2.25. The summed E-state index contributed by atoms with van der Waals surface area (Å²) in [4.78, 5) is 23.8. The number of rotatable bonds is 9. The third-order valence-corrected chi connectivity index (χ3v) is 5.71. The van der Waals surface area contributed by atoms with Crippen LogP contribution in [0.3, 0.4) is 0 Å². The fourth-order valence-electron chi connectivity index (χ4n) is 3.93. The molecule has 0 amide bonds. The Morgan fingerprint density at radius 2 is 1.91 bits per heavy atom. The smallest absolute Gasteiger partial charge is 0.345 e. The maximum Gasteiger partial charge on any atom is 0.345 e. The van der Waals surface area contributed by atoms with Crippen LogP contribution in [-0.4, -0.2) is 53.9 Å². The summed E-state index contributed by atoms with van der Waals surface area (Å²) in [5.41, 5.74) is 0.406. The summed E-state index contributed by atoms with van der Waals surface area (Å²) in [7, 11) is 0. The van der Waals surface area contributed by atoms with Crippen LogP contribution >= 0.6 is 0 Å². The van der Waals surface area contributed by atoms with E-state index in [-0.39, 0.29) is 23.1 Å². The highest BCUT2D eigenvalue weighted by atomic mass is 19.3. The molecule has 10 heteroatoms. The van der Waals surface area contributed by atoms with Gasteiger partial charge in [-0.25, -0.2) is 9.37 Å². The van der Waals surface area contributed by atoms with Gasteiger partial charge < -0.3 is 19.5 Å². The standard InChI is InChI=1S/C23H26F3N5O2/c24-19-13-17-16(4-8-31(22(17)32)7-2-1-3-11-33-23(25)26)12-18(19)20-14-29-21(15-28-20)30-9-5-27-6-10-30/h4,8,12-15,23,27H,1-3,5-7,9-11H2. The molecule has 3 aromatic rings. The molecule has 0 unspecified atom stereocenters. The summed E-state index contributed by atoms with van der Waals surface area (Å²) in [5.74, 6) is 0.218. The number of alkyl halides is 2. The second kappa shape index (κ2) is 10.8. The number of aryl methyl sites for hydroxylation is 1. The van der Waals surface area contributed by atoms with Crippen LogP contribution in [0.2, 0.25) is 0 Å². The number of unbranched alkanes of at least 4 members (excludes halogenated alkanes) is 2. The number of aromatic nitrogens is 3. The van der Waals surface area contributed by atoms with E-state index >= 15 is 0 Å². The summed E-state index contributed by atoms with van der Waals surface area (Å²) in [6, 6.07) is 4.63. The van der Waals surface area contributed by atoms with Gasteiger partial charge >= 0.3 is 6.61 Å². The van der Waals surface area contributed by atoms with Gasteiger partial charge in [-0.1, -0.05) is 0 Å². The zero-order chi connectivity index (χ0) is 23.2. The van der Waals surface area contributed by atoms with E-state index in [1.165, 1.54) is 10.6 Å². The molecule has 0 atom stereocenters. The van der Waals surface area contributed by atoms with Crippen molar-refractivity contribution in [3.8, 4) is 11.3 Å². The van der Waals surface area contributed by atoms with Gasteiger partial charge in [0.15, 0.2) is 0 Å². The number of anilines is 1. The molecule has 1 fully saturated rings. The predicted octanol–water partition coefficient (Wildman–Crippen LogP) is 3.42. The van der Waals surface area contributed by atoms with Crippen molar-refractivity contribution in [3.05, 3.63) is 53.0 Å².